The minimum atomic E-state index is -0.574. The molecule has 1 fully saturated rings. The van der Waals surface area contributed by atoms with Crippen molar-refractivity contribution in [3.05, 3.63) is 29.8 Å². The lowest BCUT2D eigenvalue weighted by atomic mass is 9.97. The standard InChI is InChI=1S/C21H31N3O4/c1-14(22-20(27)28-21(3,4)5)18-11-6-7-12-24(18)19(26)23-17-10-8-9-16(13-17)15(2)25/h8-10,13-14,18H,6-7,11-12H2,1-5H3,(H,22,27)(H,23,26)/t14-,18+/m1/s1. The lowest BCUT2D eigenvalue weighted by Gasteiger charge is -2.39. The van der Waals surface area contributed by atoms with Crippen LogP contribution < -0.4 is 10.6 Å². The average molecular weight is 389 g/mol. The molecule has 7 heteroatoms. The summed E-state index contributed by atoms with van der Waals surface area (Å²) in [5.41, 5.74) is 0.553. The maximum absolute atomic E-state index is 12.9. The number of alkyl carbamates (subject to hydrolysis) is 1. The van der Waals surface area contributed by atoms with Crippen molar-refractivity contribution in [3.8, 4) is 0 Å². The van der Waals surface area contributed by atoms with Crippen LogP contribution in [0.1, 0.15) is 64.2 Å². The molecule has 1 saturated heterocycles. The number of ketones is 1. The number of piperidine rings is 1. The lowest BCUT2D eigenvalue weighted by Crippen LogP contribution is -2.55. The Hall–Kier alpha value is -2.57. The second kappa shape index (κ2) is 9.08. The quantitative estimate of drug-likeness (QED) is 0.756. The lowest BCUT2D eigenvalue weighted by molar-refractivity contribution is 0.0465. The van der Waals surface area contributed by atoms with E-state index < -0.39 is 11.7 Å². The molecular formula is C21H31N3O4. The molecule has 2 rings (SSSR count). The van der Waals surface area contributed by atoms with Crippen LogP contribution in [0.15, 0.2) is 24.3 Å². The van der Waals surface area contributed by atoms with Crippen molar-refractivity contribution >= 4 is 23.6 Å². The van der Waals surface area contributed by atoms with Crippen LogP contribution in [0.25, 0.3) is 0 Å². The highest BCUT2D eigenvalue weighted by atomic mass is 16.6. The Morgan fingerprint density at radius 2 is 1.93 bits per heavy atom. The van der Waals surface area contributed by atoms with Crippen LogP contribution in [-0.4, -0.2) is 47.0 Å². The first-order valence-corrected chi connectivity index (χ1v) is 9.75. The van der Waals surface area contributed by atoms with Crippen LogP contribution in [0.5, 0.6) is 0 Å². The zero-order valence-electron chi connectivity index (χ0n) is 17.4. The zero-order chi connectivity index (χ0) is 20.9. The number of Topliss-reactive ketones (excluding diaryl/α,β-unsaturated/α-hetero) is 1. The van der Waals surface area contributed by atoms with Gasteiger partial charge in [0, 0.05) is 23.8 Å². The van der Waals surface area contributed by atoms with Crippen LogP contribution in [0.3, 0.4) is 0 Å². The molecule has 1 aromatic carbocycles. The highest BCUT2D eigenvalue weighted by molar-refractivity contribution is 5.96. The van der Waals surface area contributed by atoms with Gasteiger partial charge in [0.1, 0.15) is 5.60 Å². The number of benzene rings is 1. The molecule has 0 aromatic heterocycles. The first kappa shape index (κ1) is 21.7. The molecule has 2 N–H and O–H groups in total. The molecule has 1 aliphatic rings. The van der Waals surface area contributed by atoms with E-state index in [1.807, 2.05) is 27.7 Å². The van der Waals surface area contributed by atoms with Crippen LogP contribution in [0.2, 0.25) is 0 Å². The second-order valence-corrected chi connectivity index (χ2v) is 8.26. The number of hydrogen-bond acceptors (Lipinski definition) is 4. The Bertz CT molecular complexity index is 727. The van der Waals surface area contributed by atoms with Crippen molar-refractivity contribution < 1.29 is 19.1 Å². The number of likely N-dealkylation sites (tertiary alicyclic amines) is 1. The minimum absolute atomic E-state index is 0.0536. The minimum Gasteiger partial charge on any atom is -0.444 e. The topological polar surface area (TPSA) is 87.7 Å². The molecule has 2 atom stereocenters. The smallest absolute Gasteiger partial charge is 0.407 e. The summed E-state index contributed by atoms with van der Waals surface area (Å²) in [6.07, 6.45) is 2.23. The summed E-state index contributed by atoms with van der Waals surface area (Å²) in [7, 11) is 0. The van der Waals surface area contributed by atoms with Crippen LogP contribution >= 0.6 is 0 Å². The molecule has 154 valence electrons. The molecule has 1 aromatic rings. The monoisotopic (exact) mass is 389 g/mol. The number of rotatable bonds is 4. The van der Waals surface area contributed by atoms with E-state index >= 15 is 0 Å². The predicted octanol–water partition coefficient (Wildman–Crippen LogP) is 4.19. The maximum atomic E-state index is 12.9. The van der Waals surface area contributed by atoms with Crippen molar-refractivity contribution in [3.63, 3.8) is 0 Å². The Morgan fingerprint density at radius 1 is 1.21 bits per heavy atom. The number of amides is 3. The molecule has 1 heterocycles. The average Bonchev–Trinajstić information content (AvgIpc) is 2.60. The highest BCUT2D eigenvalue weighted by Crippen LogP contribution is 2.22. The van der Waals surface area contributed by atoms with E-state index in [-0.39, 0.29) is 23.9 Å². The van der Waals surface area contributed by atoms with E-state index in [9.17, 15) is 14.4 Å². The number of carbonyl (C=O) groups is 3. The van der Waals surface area contributed by atoms with Gasteiger partial charge in [-0.25, -0.2) is 9.59 Å². The van der Waals surface area contributed by atoms with Crippen molar-refractivity contribution in [2.45, 2.75) is 71.6 Å². The number of carbonyl (C=O) groups excluding carboxylic acids is 3. The molecular weight excluding hydrogens is 358 g/mol. The van der Waals surface area contributed by atoms with Gasteiger partial charge < -0.3 is 20.3 Å². The molecule has 28 heavy (non-hydrogen) atoms. The predicted molar refractivity (Wildman–Crippen MR) is 109 cm³/mol. The summed E-state index contributed by atoms with van der Waals surface area (Å²) in [5.74, 6) is -0.0536. The van der Waals surface area contributed by atoms with E-state index in [1.165, 1.54) is 6.92 Å². The third-order valence-electron chi connectivity index (χ3n) is 4.65. The van der Waals surface area contributed by atoms with Gasteiger partial charge in [-0.05, 0) is 66.0 Å². The van der Waals surface area contributed by atoms with E-state index in [0.717, 1.165) is 19.3 Å². The SMILES string of the molecule is CC(=O)c1cccc(NC(=O)N2CCCC[C@H]2[C@@H](C)NC(=O)OC(C)(C)C)c1. The first-order valence-electron chi connectivity index (χ1n) is 9.75. The van der Waals surface area contributed by atoms with Crippen LogP contribution in [-0.2, 0) is 4.74 Å². The summed E-state index contributed by atoms with van der Waals surface area (Å²) in [5, 5.41) is 5.73. The van der Waals surface area contributed by atoms with E-state index in [4.69, 9.17) is 4.74 Å². The zero-order valence-corrected chi connectivity index (χ0v) is 17.4. The van der Waals surface area contributed by atoms with Gasteiger partial charge >= 0.3 is 12.1 Å². The number of ether oxygens (including phenoxy) is 1. The summed E-state index contributed by atoms with van der Waals surface area (Å²) >= 11 is 0. The van der Waals surface area contributed by atoms with Gasteiger partial charge in [0.15, 0.2) is 5.78 Å². The second-order valence-electron chi connectivity index (χ2n) is 8.26. The van der Waals surface area contributed by atoms with Gasteiger partial charge in [0.2, 0.25) is 0 Å². The summed E-state index contributed by atoms with van der Waals surface area (Å²) in [6.45, 7) is 9.43. The first-order chi connectivity index (χ1) is 13.1. The molecule has 0 spiro atoms. The summed E-state index contributed by atoms with van der Waals surface area (Å²) < 4.78 is 5.33. The van der Waals surface area contributed by atoms with Gasteiger partial charge in [-0.1, -0.05) is 12.1 Å². The Balaban J connectivity index is 2.05. The number of anilines is 1. The van der Waals surface area contributed by atoms with E-state index in [2.05, 4.69) is 10.6 Å². The van der Waals surface area contributed by atoms with Crippen molar-refractivity contribution in [2.24, 2.45) is 0 Å². The van der Waals surface area contributed by atoms with Gasteiger partial charge in [-0.15, -0.1) is 0 Å². The molecule has 1 aliphatic heterocycles. The Kier molecular flexibility index (Phi) is 7.05. The molecule has 0 unspecified atom stereocenters. The van der Waals surface area contributed by atoms with Gasteiger partial charge in [0.05, 0.1) is 6.04 Å². The largest absolute Gasteiger partial charge is 0.444 e. The Morgan fingerprint density at radius 3 is 2.57 bits per heavy atom. The maximum Gasteiger partial charge on any atom is 0.407 e. The summed E-state index contributed by atoms with van der Waals surface area (Å²) in [4.78, 5) is 38.3. The van der Waals surface area contributed by atoms with Crippen molar-refractivity contribution in [1.82, 2.24) is 10.2 Å². The number of nitrogens with zero attached hydrogens (tertiary/aromatic N) is 1. The highest BCUT2D eigenvalue weighted by Gasteiger charge is 2.32. The number of urea groups is 1. The van der Waals surface area contributed by atoms with Crippen molar-refractivity contribution in [1.29, 1.82) is 0 Å². The molecule has 0 aliphatic carbocycles. The van der Waals surface area contributed by atoms with Gasteiger partial charge in [0.25, 0.3) is 0 Å². The van der Waals surface area contributed by atoms with E-state index in [1.54, 1.807) is 29.2 Å². The fourth-order valence-electron chi connectivity index (χ4n) is 3.33. The van der Waals surface area contributed by atoms with E-state index in [0.29, 0.717) is 17.8 Å². The normalized spacial score (nSPS) is 18.2. The third-order valence-corrected chi connectivity index (χ3v) is 4.65. The summed E-state index contributed by atoms with van der Waals surface area (Å²) in [6, 6.07) is 6.28. The molecule has 0 radical (unpaired) electrons. The molecule has 3 amide bonds. The number of nitrogens with one attached hydrogen (secondary N) is 2. The Labute approximate surface area is 166 Å². The fourth-order valence-corrected chi connectivity index (χ4v) is 3.33. The van der Waals surface area contributed by atoms with Crippen molar-refractivity contribution in [2.75, 3.05) is 11.9 Å². The van der Waals surface area contributed by atoms with Gasteiger partial charge in [-0.3, -0.25) is 4.79 Å². The van der Waals surface area contributed by atoms with Crippen LogP contribution in [0, 0.1) is 0 Å². The van der Waals surface area contributed by atoms with Gasteiger partial charge in [-0.2, -0.15) is 0 Å². The number of hydrogen-bond donors (Lipinski definition) is 2. The third kappa shape index (κ3) is 6.25. The molecule has 0 saturated carbocycles. The van der Waals surface area contributed by atoms with Crippen LogP contribution in [0.4, 0.5) is 15.3 Å². The molecule has 7 nitrogen and oxygen atoms in total. The fraction of sp³-hybridized carbons (Fsp3) is 0.571. The molecule has 0 bridgehead atoms.